The van der Waals surface area contributed by atoms with Crippen molar-refractivity contribution in [1.29, 1.82) is 0 Å². The average molecular weight is 263 g/mol. The summed E-state index contributed by atoms with van der Waals surface area (Å²) >= 11 is 0. The van der Waals surface area contributed by atoms with Crippen molar-refractivity contribution in [3.05, 3.63) is 23.8 Å². The summed E-state index contributed by atoms with van der Waals surface area (Å²) in [4.78, 5) is 12.0. The van der Waals surface area contributed by atoms with Crippen LogP contribution in [0.2, 0.25) is 0 Å². The summed E-state index contributed by atoms with van der Waals surface area (Å²) in [7, 11) is 0. The lowest BCUT2D eigenvalue weighted by atomic mass is 10.0. The maximum absolute atomic E-state index is 12.0. The Balaban J connectivity index is 1.85. The van der Waals surface area contributed by atoms with Crippen LogP contribution in [-0.4, -0.2) is 25.5 Å². The molecule has 0 amide bonds. The predicted octanol–water partition coefficient (Wildman–Crippen LogP) is 2.55. The molecule has 0 unspecified atom stereocenters. The van der Waals surface area contributed by atoms with Gasteiger partial charge in [-0.25, -0.2) is 0 Å². The fraction of sp³-hybridized carbons (Fsp3) is 0.533. The number of rotatable bonds is 7. The topological polar surface area (TPSA) is 61.6 Å². The van der Waals surface area contributed by atoms with Gasteiger partial charge < -0.3 is 15.2 Å². The third kappa shape index (κ3) is 3.96. The van der Waals surface area contributed by atoms with Gasteiger partial charge in [0.25, 0.3) is 0 Å². The number of Topliss-reactive ketones (excluding diaryl/α,β-unsaturated/α-hetero) is 1. The van der Waals surface area contributed by atoms with Gasteiger partial charge in [0.2, 0.25) is 0 Å². The molecular formula is C15H21NO3. The van der Waals surface area contributed by atoms with Crippen molar-refractivity contribution < 1.29 is 14.3 Å². The van der Waals surface area contributed by atoms with Gasteiger partial charge in [-0.05, 0) is 37.6 Å². The minimum absolute atomic E-state index is 0.171. The van der Waals surface area contributed by atoms with Crippen LogP contribution >= 0.6 is 0 Å². The molecule has 0 saturated carbocycles. The monoisotopic (exact) mass is 263 g/mol. The molecule has 1 aliphatic heterocycles. The van der Waals surface area contributed by atoms with Crippen molar-refractivity contribution in [3.8, 4) is 11.5 Å². The Morgan fingerprint density at radius 3 is 2.58 bits per heavy atom. The lowest BCUT2D eigenvalue weighted by molar-refractivity contribution is 0.0978. The van der Waals surface area contributed by atoms with Crippen LogP contribution in [0.4, 0.5) is 0 Å². The van der Waals surface area contributed by atoms with E-state index in [2.05, 4.69) is 0 Å². The highest BCUT2D eigenvalue weighted by molar-refractivity contribution is 5.96. The van der Waals surface area contributed by atoms with Gasteiger partial charge in [-0.2, -0.15) is 0 Å². The van der Waals surface area contributed by atoms with Gasteiger partial charge in [0.1, 0.15) is 13.2 Å². The van der Waals surface area contributed by atoms with Crippen LogP contribution < -0.4 is 15.2 Å². The molecule has 1 heterocycles. The van der Waals surface area contributed by atoms with Crippen molar-refractivity contribution in [2.24, 2.45) is 5.73 Å². The van der Waals surface area contributed by atoms with E-state index >= 15 is 0 Å². The third-order valence-electron chi connectivity index (χ3n) is 3.22. The molecule has 0 atom stereocenters. The second-order valence-corrected chi connectivity index (χ2v) is 4.73. The highest BCUT2D eigenvalue weighted by Crippen LogP contribution is 2.31. The maximum Gasteiger partial charge on any atom is 0.163 e. The molecule has 0 spiro atoms. The fourth-order valence-corrected chi connectivity index (χ4v) is 2.14. The van der Waals surface area contributed by atoms with E-state index in [1.807, 2.05) is 12.1 Å². The number of ketones is 1. The number of carbonyl (C=O) groups excluding carboxylic acids is 1. The van der Waals surface area contributed by atoms with E-state index in [4.69, 9.17) is 15.2 Å². The molecule has 0 bridgehead atoms. The lowest BCUT2D eigenvalue weighted by Crippen LogP contribution is -2.15. The predicted molar refractivity (Wildman–Crippen MR) is 73.9 cm³/mol. The number of unbranched alkanes of at least 4 members (excludes halogenated alkanes) is 3. The summed E-state index contributed by atoms with van der Waals surface area (Å²) in [5.74, 6) is 1.58. The van der Waals surface area contributed by atoms with E-state index in [0.29, 0.717) is 30.9 Å². The Kier molecular flexibility index (Phi) is 5.21. The first-order valence-corrected chi connectivity index (χ1v) is 6.94. The Morgan fingerprint density at radius 2 is 1.79 bits per heavy atom. The largest absolute Gasteiger partial charge is 0.486 e. The minimum atomic E-state index is 0.171. The van der Waals surface area contributed by atoms with Crippen LogP contribution in [0.3, 0.4) is 0 Å². The first-order chi connectivity index (χ1) is 9.31. The van der Waals surface area contributed by atoms with Crippen LogP contribution in [-0.2, 0) is 0 Å². The van der Waals surface area contributed by atoms with Crippen LogP contribution in [0, 0.1) is 0 Å². The zero-order valence-electron chi connectivity index (χ0n) is 11.2. The smallest absolute Gasteiger partial charge is 0.163 e. The zero-order valence-corrected chi connectivity index (χ0v) is 11.2. The molecule has 19 heavy (non-hydrogen) atoms. The third-order valence-corrected chi connectivity index (χ3v) is 3.22. The summed E-state index contributed by atoms with van der Waals surface area (Å²) in [6.45, 7) is 1.85. The Hall–Kier alpha value is -1.55. The van der Waals surface area contributed by atoms with Gasteiger partial charge in [0, 0.05) is 12.0 Å². The number of hydrogen-bond donors (Lipinski definition) is 1. The second-order valence-electron chi connectivity index (χ2n) is 4.73. The standard InChI is InChI=1S/C15H21NO3/c16-8-4-2-1-3-5-13(17)12-6-7-14-15(11-12)19-10-9-18-14/h6-7,11H,1-5,8-10,16H2. The summed E-state index contributed by atoms with van der Waals surface area (Å²) in [6, 6.07) is 5.42. The molecule has 0 aromatic heterocycles. The highest BCUT2D eigenvalue weighted by atomic mass is 16.6. The molecule has 4 nitrogen and oxygen atoms in total. The van der Waals surface area contributed by atoms with E-state index in [0.717, 1.165) is 38.0 Å². The fourth-order valence-electron chi connectivity index (χ4n) is 2.14. The number of fused-ring (bicyclic) bond motifs is 1. The Labute approximate surface area is 113 Å². The zero-order chi connectivity index (χ0) is 13.5. The van der Waals surface area contributed by atoms with E-state index in [1.54, 1.807) is 6.07 Å². The van der Waals surface area contributed by atoms with Gasteiger partial charge in [0.05, 0.1) is 0 Å². The second kappa shape index (κ2) is 7.14. The quantitative estimate of drug-likeness (QED) is 0.606. The first kappa shape index (κ1) is 13.9. The van der Waals surface area contributed by atoms with E-state index in [1.165, 1.54) is 0 Å². The van der Waals surface area contributed by atoms with E-state index in [9.17, 15) is 4.79 Å². The molecule has 2 rings (SSSR count). The number of carbonyl (C=O) groups is 1. The molecule has 1 aromatic carbocycles. The summed E-state index contributed by atoms with van der Waals surface area (Å²) in [6.07, 6.45) is 4.72. The Bertz CT molecular complexity index is 431. The van der Waals surface area contributed by atoms with E-state index < -0.39 is 0 Å². The lowest BCUT2D eigenvalue weighted by Gasteiger charge is -2.18. The molecule has 0 radical (unpaired) electrons. The molecule has 0 fully saturated rings. The van der Waals surface area contributed by atoms with Gasteiger partial charge in [-0.15, -0.1) is 0 Å². The van der Waals surface area contributed by atoms with Crippen LogP contribution in [0.25, 0.3) is 0 Å². The van der Waals surface area contributed by atoms with Crippen molar-refractivity contribution >= 4 is 5.78 Å². The molecule has 0 saturated heterocycles. The van der Waals surface area contributed by atoms with Gasteiger partial charge in [-0.1, -0.05) is 12.8 Å². The molecule has 2 N–H and O–H groups in total. The number of ether oxygens (including phenoxy) is 2. The van der Waals surface area contributed by atoms with Crippen molar-refractivity contribution in [2.45, 2.75) is 32.1 Å². The summed E-state index contributed by atoms with van der Waals surface area (Å²) in [5.41, 5.74) is 6.14. The van der Waals surface area contributed by atoms with Crippen LogP contribution in [0.5, 0.6) is 11.5 Å². The number of nitrogens with two attached hydrogens (primary N) is 1. The number of benzene rings is 1. The summed E-state index contributed by atoms with van der Waals surface area (Å²) < 4.78 is 10.9. The first-order valence-electron chi connectivity index (χ1n) is 6.94. The molecular weight excluding hydrogens is 242 g/mol. The number of hydrogen-bond acceptors (Lipinski definition) is 4. The van der Waals surface area contributed by atoms with Crippen molar-refractivity contribution in [3.63, 3.8) is 0 Å². The molecule has 104 valence electrons. The van der Waals surface area contributed by atoms with Crippen LogP contribution in [0.1, 0.15) is 42.5 Å². The SMILES string of the molecule is NCCCCCCC(=O)c1ccc2c(c1)OCCO2. The molecule has 0 aliphatic carbocycles. The average Bonchev–Trinajstić information content (AvgIpc) is 2.46. The maximum atomic E-state index is 12.0. The minimum Gasteiger partial charge on any atom is -0.486 e. The van der Waals surface area contributed by atoms with Gasteiger partial charge in [-0.3, -0.25) is 4.79 Å². The van der Waals surface area contributed by atoms with Crippen molar-refractivity contribution in [1.82, 2.24) is 0 Å². The Morgan fingerprint density at radius 1 is 1.05 bits per heavy atom. The van der Waals surface area contributed by atoms with Gasteiger partial charge >= 0.3 is 0 Å². The molecule has 4 heteroatoms. The normalized spacial score (nSPS) is 13.3. The van der Waals surface area contributed by atoms with Crippen molar-refractivity contribution in [2.75, 3.05) is 19.8 Å². The summed E-state index contributed by atoms with van der Waals surface area (Å²) in [5, 5.41) is 0. The molecule has 1 aliphatic rings. The van der Waals surface area contributed by atoms with Crippen LogP contribution in [0.15, 0.2) is 18.2 Å². The molecule has 1 aromatic rings. The van der Waals surface area contributed by atoms with E-state index in [-0.39, 0.29) is 5.78 Å². The highest BCUT2D eigenvalue weighted by Gasteiger charge is 2.14. The van der Waals surface area contributed by atoms with Gasteiger partial charge in [0.15, 0.2) is 17.3 Å².